The number of nitro groups is 1. The zero-order chi connectivity index (χ0) is 30.2. The van der Waals surface area contributed by atoms with Crippen molar-refractivity contribution >= 4 is 29.1 Å². The van der Waals surface area contributed by atoms with Gasteiger partial charge in [0.15, 0.2) is 16.3 Å². The first-order chi connectivity index (χ1) is 20.3. The van der Waals surface area contributed by atoms with Gasteiger partial charge in [0.25, 0.3) is 11.2 Å². The molecule has 1 atom stereocenters. The third-order valence-electron chi connectivity index (χ3n) is 6.69. The fraction of sp³-hybridized carbons (Fsp3) is 0.367. The first kappa shape index (κ1) is 30.7. The summed E-state index contributed by atoms with van der Waals surface area (Å²) in [4.78, 5) is 43.3. The monoisotopic (exact) mass is 595 g/mol. The van der Waals surface area contributed by atoms with Crippen molar-refractivity contribution in [1.29, 1.82) is 0 Å². The van der Waals surface area contributed by atoms with E-state index in [-0.39, 0.29) is 34.6 Å². The number of nitrogens with zero attached hydrogens (tertiary/aromatic N) is 3. The fourth-order valence-corrected chi connectivity index (χ4v) is 5.66. The number of hydrogen-bond donors (Lipinski definition) is 0. The average Bonchev–Trinajstić information content (AvgIpc) is 3.28. The first-order valence-electron chi connectivity index (χ1n) is 13.5. The van der Waals surface area contributed by atoms with E-state index < -0.39 is 22.5 Å². The Morgan fingerprint density at radius 3 is 2.62 bits per heavy atom. The zero-order valence-electron chi connectivity index (χ0n) is 24.0. The normalized spacial score (nSPS) is 14.8. The minimum Gasteiger partial charge on any atom is -0.493 e. The van der Waals surface area contributed by atoms with E-state index in [1.165, 1.54) is 30.9 Å². The maximum Gasteiger partial charge on any atom is 0.338 e. The van der Waals surface area contributed by atoms with Crippen molar-refractivity contribution in [2.45, 2.75) is 39.2 Å². The average molecular weight is 596 g/mol. The number of esters is 1. The number of methoxy groups -OCH3 is 2. The van der Waals surface area contributed by atoms with Crippen molar-refractivity contribution in [3.63, 3.8) is 0 Å². The van der Waals surface area contributed by atoms with Crippen LogP contribution in [0.4, 0.5) is 5.69 Å². The minimum absolute atomic E-state index is 0.0226. The van der Waals surface area contributed by atoms with Crippen LogP contribution in [0.2, 0.25) is 0 Å². The highest BCUT2D eigenvalue weighted by Gasteiger charge is 2.34. The smallest absolute Gasteiger partial charge is 0.338 e. The van der Waals surface area contributed by atoms with Crippen LogP contribution in [0.15, 0.2) is 63.5 Å². The van der Waals surface area contributed by atoms with Crippen LogP contribution in [-0.2, 0) is 14.3 Å². The van der Waals surface area contributed by atoms with Crippen LogP contribution in [0.3, 0.4) is 0 Å². The Bertz CT molecular complexity index is 1670. The van der Waals surface area contributed by atoms with E-state index in [9.17, 15) is 19.7 Å². The molecule has 1 unspecified atom stereocenters. The molecule has 0 saturated carbocycles. The second-order valence-electron chi connectivity index (χ2n) is 9.49. The van der Waals surface area contributed by atoms with Crippen LogP contribution >= 0.6 is 11.3 Å². The van der Waals surface area contributed by atoms with Gasteiger partial charge in [-0.3, -0.25) is 19.5 Å². The molecule has 222 valence electrons. The van der Waals surface area contributed by atoms with E-state index in [0.717, 1.165) is 30.6 Å². The number of allylic oxidation sites excluding steroid dienone is 1. The molecule has 1 aromatic heterocycles. The third kappa shape index (κ3) is 6.60. The van der Waals surface area contributed by atoms with Crippen LogP contribution in [0.5, 0.6) is 11.5 Å². The zero-order valence-corrected chi connectivity index (χ0v) is 24.8. The van der Waals surface area contributed by atoms with Crippen LogP contribution in [-0.4, -0.2) is 49.5 Å². The second kappa shape index (κ2) is 14.1. The Balaban J connectivity index is 1.86. The van der Waals surface area contributed by atoms with Gasteiger partial charge in [0.2, 0.25) is 0 Å². The van der Waals surface area contributed by atoms with Crippen molar-refractivity contribution in [2.75, 3.05) is 34.0 Å². The summed E-state index contributed by atoms with van der Waals surface area (Å²) in [7, 11) is 3.03. The van der Waals surface area contributed by atoms with Gasteiger partial charge in [-0.2, -0.15) is 0 Å². The Labute approximate surface area is 246 Å². The predicted molar refractivity (Wildman–Crippen MR) is 158 cm³/mol. The number of ether oxygens (including phenoxy) is 4. The molecule has 0 fully saturated rings. The van der Waals surface area contributed by atoms with Crippen LogP contribution < -0.4 is 24.4 Å². The van der Waals surface area contributed by atoms with E-state index in [0.29, 0.717) is 34.2 Å². The molecule has 0 aliphatic carbocycles. The van der Waals surface area contributed by atoms with Gasteiger partial charge in [-0.05, 0) is 43.2 Å². The lowest BCUT2D eigenvalue weighted by Gasteiger charge is -2.25. The molecule has 0 N–H and O–H groups in total. The highest BCUT2D eigenvalue weighted by Crippen LogP contribution is 2.36. The van der Waals surface area contributed by atoms with E-state index in [1.54, 1.807) is 43.3 Å². The topological polar surface area (TPSA) is 131 Å². The SMILES string of the molecule is CCCCCOc1ccc(C2C(C(=O)OCCOC)=C(C)N=c3s/c(=C\c4ccccc4[N+](=O)[O-])c(=O)n32)cc1OC. The van der Waals surface area contributed by atoms with Crippen LogP contribution in [0.1, 0.15) is 50.3 Å². The van der Waals surface area contributed by atoms with Gasteiger partial charge in [-0.15, -0.1) is 0 Å². The Morgan fingerprint density at radius 2 is 1.90 bits per heavy atom. The molecule has 4 rings (SSSR count). The number of fused-ring (bicyclic) bond motifs is 1. The molecule has 0 bridgehead atoms. The number of rotatable bonds is 13. The number of unbranched alkanes of at least 4 members (excludes halogenated alkanes) is 2. The lowest BCUT2D eigenvalue weighted by molar-refractivity contribution is -0.385. The van der Waals surface area contributed by atoms with E-state index in [1.807, 2.05) is 0 Å². The van der Waals surface area contributed by atoms with Crippen molar-refractivity contribution in [3.8, 4) is 11.5 Å². The summed E-state index contributed by atoms with van der Waals surface area (Å²) in [5.74, 6) is 0.365. The molecule has 2 heterocycles. The van der Waals surface area contributed by atoms with Gasteiger partial charge >= 0.3 is 5.97 Å². The summed E-state index contributed by atoms with van der Waals surface area (Å²) >= 11 is 1.09. The highest BCUT2D eigenvalue weighted by molar-refractivity contribution is 7.07. The highest BCUT2D eigenvalue weighted by atomic mass is 32.1. The van der Waals surface area contributed by atoms with Crippen LogP contribution in [0.25, 0.3) is 6.08 Å². The number of thiazole rings is 1. The summed E-state index contributed by atoms with van der Waals surface area (Å²) in [6.07, 6.45) is 4.48. The van der Waals surface area contributed by atoms with Gasteiger partial charge in [0, 0.05) is 13.2 Å². The summed E-state index contributed by atoms with van der Waals surface area (Å²) in [5, 5.41) is 11.6. The molecule has 3 aromatic rings. The molecule has 11 nitrogen and oxygen atoms in total. The van der Waals surface area contributed by atoms with Crippen molar-refractivity contribution in [1.82, 2.24) is 4.57 Å². The summed E-state index contributed by atoms with van der Waals surface area (Å²) in [6, 6.07) is 10.5. The van der Waals surface area contributed by atoms with Crippen LogP contribution in [0, 0.1) is 10.1 Å². The molecule has 1 aliphatic rings. The van der Waals surface area contributed by atoms with Crippen molar-refractivity contribution in [2.24, 2.45) is 4.99 Å². The quantitative estimate of drug-likeness (QED) is 0.126. The standard InChI is InChI=1S/C30H33N3O8S/c1-5-6-9-14-40-23-13-12-21(17-24(23)39-4)27-26(29(35)41-16-15-38-3)19(2)31-30-32(27)28(34)25(42-30)18-20-10-7-8-11-22(20)33(36)37/h7-8,10-13,17-18,27H,5-6,9,14-16H2,1-4H3/b25-18-. The van der Waals surface area contributed by atoms with Gasteiger partial charge in [-0.1, -0.05) is 49.3 Å². The number of benzene rings is 2. The fourth-order valence-electron chi connectivity index (χ4n) is 4.62. The number of hydrogen-bond acceptors (Lipinski definition) is 10. The van der Waals surface area contributed by atoms with E-state index in [4.69, 9.17) is 18.9 Å². The molecule has 0 amide bonds. The summed E-state index contributed by atoms with van der Waals surface area (Å²) in [6.45, 7) is 4.55. The second-order valence-corrected chi connectivity index (χ2v) is 10.5. The Hall–Kier alpha value is -4.29. The lowest BCUT2D eigenvalue weighted by Crippen LogP contribution is -2.40. The number of aromatic nitrogens is 1. The van der Waals surface area contributed by atoms with Gasteiger partial charge in [0.1, 0.15) is 6.61 Å². The van der Waals surface area contributed by atoms with E-state index in [2.05, 4.69) is 11.9 Å². The molecule has 0 radical (unpaired) electrons. The molecule has 12 heteroatoms. The van der Waals surface area contributed by atoms with E-state index >= 15 is 0 Å². The van der Waals surface area contributed by atoms with Gasteiger partial charge in [0.05, 0.1) is 52.7 Å². The number of carbonyl (C=O) groups excluding carboxylic acids is 1. The molecular weight excluding hydrogens is 562 g/mol. The molecular formula is C30H33N3O8S. The number of carbonyl (C=O) groups is 1. The van der Waals surface area contributed by atoms with Crippen molar-refractivity contribution < 1.29 is 28.7 Å². The predicted octanol–water partition coefficient (Wildman–Crippen LogP) is 3.91. The Morgan fingerprint density at radius 1 is 1.12 bits per heavy atom. The Kier molecular flexibility index (Phi) is 10.3. The third-order valence-corrected chi connectivity index (χ3v) is 7.67. The number of para-hydroxylation sites is 1. The maximum absolute atomic E-state index is 13.9. The molecule has 0 saturated heterocycles. The molecule has 1 aliphatic heterocycles. The summed E-state index contributed by atoms with van der Waals surface area (Å²) < 4.78 is 23.7. The summed E-state index contributed by atoms with van der Waals surface area (Å²) in [5.41, 5.74) is 0.868. The largest absolute Gasteiger partial charge is 0.493 e. The van der Waals surface area contributed by atoms with Gasteiger partial charge in [-0.25, -0.2) is 9.79 Å². The minimum atomic E-state index is -0.896. The van der Waals surface area contributed by atoms with Crippen molar-refractivity contribution in [3.05, 3.63) is 94.7 Å². The van der Waals surface area contributed by atoms with Gasteiger partial charge < -0.3 is 18.9 Å². The maximum atomic E-state index is 13.9. The lowest BCUT2D eigenvalue weighted by atomic mass is 9.95. The number of nitro benzene ring substituents is 1. The molecule has 0 spiro atoms. The molecule has 2 aromatic carbocycles. The first-order valence-corrected chi connectivity index (χ1v) is 14.3. The molecule has 42 heavy (non-hydrogen) atoms.